The Labute approximate surface area is 127 Å². The van der Waals surface area contributed by atoms with Crippen LogP contribution >= 0.6 is 0 Å². The van der Waals surface area contributed by atoms with Crippen LogP contribution < -0.4 is 10.5 Å². The van der Waals surface area contributed by atoms with Crippen LogP contribution in [0.3, 0.4) is 0 Å². The van der Waals surface area contributed by atoms with Gasteiger partial charge in [-0.25, -0.2) is 13.1 Å². The average molecular weight is 314 g/mol. The molecule has 120 valence electrons. The van der Waals surface area contributed by atoms with Gasteiger partial charge >= 0.3 is 0 Å². The minimum Gasteiger partial charge on any atom is -0.465 e. The molecule has 1 aromatic heterocycles. The lowest BCUT2D eigenvalue weighted by molar-refractivity contribution is 0.212. The van der Waals surface area contributed by atoms with E-state index < -0.39 is 10.0 Å². The Morgan fingerprint density at radius 3 is 2.57 bits per heavy atom. The average Bonchev–Trinajstić information content (AvgIpc) is 2.62. The fourth-order valence-electron chi connectivity index (χ4n) is 3.37. The van der Waals surface area contributed by atoms with E-state index in [4.69, 9.17) is 10.2 Å². The lowest BCUT2D eigenvalue weighted by atomic mass is 9.75. The molecule has 3 N–H and O–H groups in total. The van der Waals surface area contributed by atoms with Crippen LogP contribution in [0.25, 0.3) is 0 Å². The third-order valence-corrected chi connectivity index (χ3v) is 6.04. The lowest BCUT2D eigenvalue weighted by Crippen LogP contribution is -2.41. The SMILES string of the molecule is Cc1oc(C)c(S(=O)(=O)NC2CCCC(C)(C)C2)c1CN. The van der Waals surface area contributed by atoms with Gasteiger partial charge in [0.25, 0.3) is 0 Å². The molecule has 1 aromatic rings. The molecule has 1 saturated carbocycles. The molecule has 1 fully saturated rings. The molecule has 21 heavy (non-hydrogen) atoms. The molecule has 1 aliphatic rings. The predicted octanol–water partition coefficient (Wildman–Crippen LogP) is 2.60. The van der Waals surface area contributed by atoms with Crippen LogP contribution in [0.2, 0.25) is 0 Å². The molecular weight excluding hydrogens is 288 g/mol. The molecule has 0 radical (unpaired) electrons. The molecule has 0 saturated heterocycles. The Morgan fingerprint density at radius 1 is 1.33 bits per heavy atom. The van der Waals surface area contributed by atoms with E-state index in [9.17, 15) is 8.42 Å². The zero-order valence-electron chi connectivity index (χ0n) is 13.3. The van der Waals surface area contributed by atoms with Gasteiger partial charge in [-0.2, -0.15) is 0 Å². The van der Waals surface area contributed by atoms with E-state index in [-0.39, 0.29) is 22.9 Å². The van der Waals surface area contributed by atoms with Crippen LogP contribution in [0.5, 0.6) is 0 Å². The predicted molar refractivity (Wildman–Crippen MR) is 82.4 cm³/mol. The largest absolute Gasteiger partial charge is 0.465 e. The number of sulfonamides is 1. The molecule has 0 spiro atoms. The molecule has 1 aliphatic carbocycles. The second-order valence-corrected chi connectivity index (χ2v) is 8.46. The van der Waals surface area contributed by atoms with E-state index in [1.54, 1.807) is 13.8 Å². The first kappa shape index (κ1) is 16.5. The third kappa shape index (κ3) is 3.49. The van der Waals surface area contributed by atoms with Gasteiger partial charge in [-0.05, 0) is 38.5 Å². The maximum atomic E-state index is 12.7. The highest BCUT2D eigenvalue weighted by Gasteiger charge is 2.33. The van der Waals surface area contributed by atoms with Crippen molar-refractivity contribution in [3.63, 3.8) is 0 Å². The molecule has 5 nitrogen and oxygen atoms in total. The van der Waals surface area contributed by atoms with Crippen LogP contribution in [0.4, 0.5) is 0 Å². The normalized spacial score (nSPS) is 22.4. The molecule has 1 atom stereocenters. The summed E-state index contributed by atoms with van der Waals surface area (Å²) in [6.45, 7) is 7.96. The fourth-order valence-corrected chi connectivity index (χ4v) is 5.10. The molecule has 1 heterocycles. The summed E-state index contributed by atoms with van der Waals surface area (Å²) in [6, 6.07) is -0.0148. The van der Waals surface area contributed by atoms with E-state index in [0.717, 1.165) is 25.7 Å². The smallest absolute Gasteiger partial charge is 0.244 e. The number of nitrogens with two attached hydrogens (primary N) is 1. The lowest BCUT2D eigenvalue weighted by Gasteiger charge is -2.35. The highest BCUT2D eigenvalue weighted by Crippen LogP contribution is 2.36. The van der Waals surface area contributed by atoms with Gasteiger partial charge in [-0.3, -0.25) is 0 Å². The summed E-state index contributed by atoms with van der Waals surface area (Å²) in [5, 5.41) is 0. The Morgan fingerprint density at radius 2 is 2.00 bits per heavy atom. The van der Waals surface area contributed by atoms with Gasteiger partial charge in [0, 0.05) is 18.2 Å². The van der Waals surface area contributed by atoms with Crippen molar-refractivity contribution in [2.75, 3.05) is 0 Å². The van der Waals surface area contributed by atoms with Gasteiger partial charge in [0.05, 0.1) is 0 Å². The topological polar surface area (TPSA) is 85.3 Å². The van der Waals surface area contributed by atoms with Crippen molar-refractivity contribution in [3.8, 4) is 0 Å². The van der Waals surface area contributed by atoms with Crippen molar-refractivity contribution in [2.24, 2.45) is 11.1 Å². The Bertz CT molecular complexity index is 617. The minimum atomic E-state index is -3.59. The first-order valence-electron chi connectivity index (χ1n) is 7.47. The Kier molecular flexibility index (Phi) is 4.52. The fraction of sp³-hybridized carbons (Fsp3) is 0.733. The second kappa shape index (κ2) is 5.74. The molecule has 2 rings (SSSR count). The standard InChI is InChI=1S/C15H26N2O3S/c1-10-13(9-16)14(11(2)20-10)21(18,19)17-12-6-5-7-15(3,4)8-12/h12,17H,5-9,16H2,1-4H3. The molecule has 0 bridgehead atoms. The molecule has 0 aromatic carbocycles. The number of hydrogen-bond donors (Lipinski definition) is 2. The van der Waals surface area contributed by atoms with E-state index >= 15 is 0 Å². The summed E-state index contributed by atoms with van der Waals surface area (Å²) in [7, 11) is -3.59. The van der Waals surface area contributed by atoms with Gasteiger partial charge in [-0.1, -0.05) is 20.3 Å². The molecule has 1 unspecified atom stereocenters. The summed E-state index contributed by atoms with van der Waals surface area (Å²) in [4.78, 5) is 0.228. The molecule has 6 heteroatoms. The maximum absolute atomic E-state index is 12.7. The summed E-state index contributed by atoms with van der Waals surface area (Å²) in [5.41, 5.74) is 6.45. The van der Waals surface area contributed by atoms with Crippen LogP contribution in [0, 0.1) is 19.3 Å². The van der Waals surface area contributed by atoms with Crippen molar-refractivity contribution in [3.05, 3.63) is 17.1 Å². The Hall–Kier alpha value is -0.850. The number of nitrogens with one attached hydrogen (secondary N) is 1. The maximum Gasteiger partial charge on any atom is 0.244 e. The van der Waals surface area contributed by atoms with E-state index in [1.807, 2.05) is 0 Å². The zero-order valence-corrected chi connectivity index (χ0v) is 14.1. The van der Waals surface area contributed by atoms with Crippen molar-refractivity contribution in [1.29, 1.82) is 0 Å². The van der Waals surface area contributed by atoms with Gasteiger partial charge < -0.3 is 10.2 Å². The number of furan rings is 1. The first-order chi connectivity index (χ1) is 9.66. The highest BCUT2D eigenvalue weighted by atomic mass is 32.2. The Balaban J connectivity index is 2.27. The molecule has 0 amide bonds. The van der Waals surface area contributed by atoms with Crippen LogP contribution in [0.1, 0.15) is 56.6 Å². The van der Waals surface area contributed by atoms with Gasteiger partial charge in [0.2, 0.25) is 10.0 Å². The van der Waals surface area contributed by atoms with Crippen molar-refractivity contribution in [2.45, 2.75) is 70.9 Å². The van der Waals surface area contributed by atoms with Gasteiger partial charge in [0.1, 0.15) is 16.4 Å². The zero-order chi connectivity index (χ0) is 15.8. The van der Waals surface area contributed by atoms with Crippen molar-refractivity contribution < 1.29 is 12.8 Å². The molecule has 0 aliphatic heterocycles. The summed E-state index contributed by atoms with van der Waals surface area (Å²) in [6.07, 6.45) is 3.94. The van der Waals surface area contributed by atoms with Crippen LogP contribution in [-0.2, 0) is 16.6 Å². The third-order valence-electron chi connectivity index (χ3n) is 4.32. The summed E-state index contributed by atoms with van der Waals surface area (Å²) < 4.78 is 33.7. The first-order valence-corrected chi connectivity index (χ1v) is 8.96. The highest BCUT2D eigenvalue weighted by molar-refractivity contribution is 7.89. The van der Waals surface area contributed by atoms with E-state index in [0.29, 0.717) is 17.1 Å². The van der Waals surface area contributed by atoms with E-state index in [1.165, 1.54) is 0 Å². The molecular formula is C15H26N2O3S. The number of hydrogen-bond acceptors (Lipinski definition) is 4. The minimum absolute atomic E-state index is 0.0148. The summed E-state index contributed by atoms with van der Waals surface area (Å²) >= 11 is 0. The number of aryl methyl sites for hydroxylation is 2. The monoisotopic (exact) mass is 314 g/mol. The van der Waals surface area contributed by atoms with E-state index in [2.05, 4.69) is 18.6 Å². The van der Waals surface area contributed by atoms with Crippen molar-refractivity contribution in [1.82, 2.24) is 4.72 Å². The van der Waals surface area contributed by atoms with Gasteiger partial charge in [-0.15, -0.1) is 0 Å². The second-order valence-electron chi connectivity index (χ2n) is 6.81. The number of rotatable bonds is 4. The van der Waals surface area contributed by atoms with Crippen LogP contribution in [0.15, 0.2) is 9.31 Å². The van der Waals surface area contributed by atoms with Crippen LogP contribution in [-0.4, -0.2) is 14.5 Å². The van der Waals surface area contributed by atoms with Crippen molar-refractivity contribution >= 4 is 10.0 Å². The quantitative estimate of drug-likeness (QED) is 0.894. The van der Waals surface area contributed by atoms with Gasteiger partial charge in [0.15, 0.2) is 0 Å². The summed E-state index contributed by atoms with van der Waals surface area (Å²) in [5.74, 6) is 0.995.